The van der Waals surface area contributed by atoms with Gasteiger partial charge in [-0.25, -0.2) is 0 Å². The van der Waals surface area contributed by atoms with E-state index in [0.717, 1.165) is 23.1 Å². The summed E-state index contributed by atoms with van der Waals surface area (Å²) in [7, 11) is 0. The number of benzene rings is 2. The molecular formula is C18H14F3NO2. The smallest absolute Gasteiger partial charge is 0.416 e. The van der Waals surface area contributed by atoms with Crippen LogP contribution in [0.2, 0.25) is 0 Å². The topological polar surface area (TPSA) is 42.2 Å². The summed E-state index contributed by atoms with van der Waals surface area (Å²) in [4.78, 5) is 12.2. The number of fused-ring (bicyclic) bond motifs is 1. The van der Waals surface area contributed by atoms with E-state index >= 15 is 0 Å². The van der Waals surface area contributed by atoms with E-state index in [1.54, 1.807) is 6.92 Å². The molecule has 6 heteroatoms. The Labute approximate surface area is 136 Å². The van der Waals surface area contributed by atoms with Crippen molar-refractivity contribution >= 4 is 22.6 Å². The highest BCUT2D eigenvalue weighted by atomic mass is 19.4. The van der Waals surface area contributed by atoms with Crippen LogP contribution in [0.3, 0.4) is 0 Å². The van der Waals surface area contributed by atoms with Crippen molar-refractivity contribution < 1.29 is 22.4 Å². The third kappa shape index (κ3) is 3.27. The van der Waals surface area contributed by atoms with Gasteiger partial charge < -0.3 is 9.73 Å². The van der Waals surface area contributed by atoms with Crippen molar-refractivity contribution in [1.82, 2.24) is 0 Å². The third-order valence-corrected chi connectivity index (χ3v) is 3.73. The molecule has 2 aromatic carbocycles. The first-order chi connectivity index (χ1) is 11.3. The number of rotatable bonds is 3. The van der Waals surface area contributed by atoms with Gasteiger partial charge >= 0.3 is 6.18 Å². The monoisotopic (exact) mass is 333 g/mol. The van der Waals surface area contributed by atoms with E-state index in [1.165, 1.54) is 12.1 Å². The summed E-state index contributed by atoms with van der Waals surface area (Å²) in [6.07, 6.45) is -4.31. The molecule has 0 aliphatic carbocycles. The van der Waals surface area contributed by atoms with Gasteiger partial charge in [-0.2, -0.15) is 13.2 Å². The average molecular weight is 333 g/mol. The standard InChI is InChI=1S/C18H14F3NO2/c1-11-15(14-4-2-3-5-16(14)24-11)10-17(23)22-13-8-6-12(7-9-13)18(19,20)21/h2-9H,10H2,1H3,(H,22,23). The quantitative estimate of drug-likeness (QED) is 0.737. The minimum atomic E-state index is -4.39. The Balaban J connectivity index is 1.74. The van der Waals surface area contributed by atoms with Crippen LogP contribution < -0.4 is 5.32 Å². The number of halogens is 3. The van der Waals surface area contributed by atoms with Crippen LogP contribution in [0.5, 0.6) is 0 Å². The molecule has 0 atom stereocenters. The number of furan rings is 1. The molecule has 1 N–H and O–H groups in total. The fourth-order valence-corrected chi connectivity index (χ4v) is 2.55. The maximum absolute atomic E-state index is 12.5. The van der Waals surface area contributed by atoms with Gasteiger partial charge in [0.05, 0.1) is 12.0 Å². The summed E-state index contributed by atoms with van der Waals surface area (Å²) >= 11 is 0. The van der Waals surface area contributed by atoms with Crippen LogP contribution in [0, 0.1) is 6.92 Å². The van der Waals surface area contributed by atoms with E-state index in [2.05, 4.69) is 5.32 Å². The van der Waals surface area contributed by atoms with Crippen molar-refractivity contribution in [2.24, 2.45) is 0 Å². The van der Waals surface area contributed by atoms with Crippen molar-refractivity contribution in [3.63, 3.8) is 0 Å². The Morgan fingerprint density at radius 3 is 2.42 bits per heavy atom. The molecule has 0 fully saturated rings. The number of hydrogen-bond donors (Lipinski definition) is 1. The van der Waals surface area contributed by atoms with Gasteiger partial charge in [-0.1, -0.05) is 18.2 Å². The minimum Gasteiger partial charge on any atom is -0.461 e. The van der Waals surface area contributed by atoms with E-state index < -0.39 is 11.7 Å². The molecule has 3 rings (SSSR count). The van der Waals surface area contributed by atoms with Gasteiger partial charge in [0.1, 0.15) is 11.3 Å². The number of nitrogens with one attached hydrogen (secondary N) is 1. The number of hydrogen-bond acceptors (Lipinski definition) is 2. The Bertz CT molecular complexity index is 879. The molecule has 0 aliphatic rings. The SMILES string of the molecule is Cc1oc2ccccc2c1CC(=O)Nc1ccc(C(F)(F)F)cc1. The molecule has 1 aromatic heterocycles. The highest BCUT2D eigenvalue weighted by molar-refractivity contribution is 5.95. The summed E-state index contributed by atoms with van der Waals surface area (Å²) < 4.78 is 43.2. The normalized spacial score (nSPS) is 11.7. The Hall–Kier alpha value is -2.76. The Morgan fingerprint density at radius 1 is 1.08 bits per heavy atom. The minimum absolute atomic E-state index is 0.0872. The van der Waals surface area contributed by atoms with E-state index in [-0.39, 0.29) is 12.3 Å². The molecule has 3 aromatic rings. The zero-order valence-electron chi connectivity index (χ0n) is 12.8. The van der Waals surface area contributed by atoms with Gasteiger partial charge in [-0.3, -0.25) is 4.79 Å². The molecule has 124 valence electrons. The predicted octanol–water partition coefficient (Wildman–Crippen LogP) is 4.94. The molecule has 0 saturated carbocycles. The second-order valence-corrected chi connectivity index (χ2v) is 5.43. The van der Waals surface area contributed by atoms with Gasteiger partial charge in [0.2, 0.25) is 5.91 Å². The molecule has 0 radical (unpaired) electrons. The molecule has 0 saturated heterocycles. The summed E-state index contributed by atoms with van der Waals surface area (Å²) in [5.74, 6) is 0.336. The lowest BCUT2D eigenvalue weighted by Gasteiger charge is -2.09. The second kappa shape index (κ2) is 6.03. The van der Waals surface area contributed by atoms with Crippen LogP contribution in [0.15, 0.2) is 52.9 Å². The number of aryl methyl sites for hydroxylation is 1. The van der Waals surface area contributed by atoms with Crippen LogP contribution in [-0.4, -0.2) is 5.91 Å². The van der Waals surface area contributed by atoms with Crippen molar-refractivity contribution in [2.45, 2.75) is 19.5 Å². The first-order valence-electron chi connectivity index (χ1n) is 7.29. The lowest BCUT2D eigenvalue weighted by molar-refractivity contribution is -0.137. The van der Waals surface area contributed by atoms with E-state index in [9.17, 15) is 18.0 Å². The Morgan fingerprint density at radius 2 is 1.75 bits per heavy atom. The van der Waals surface area contributed by atoms with Gasteiger partial charge in [-0.05, 0) is 37.3 Å². The first kappa shape index (κ1) is 16.1. The number of carbonyl (C=O) groups is 1. The van der Waals surface area contributed by atoms with Crippen LogP contribution in [0.1, 0.15) is 16.9 Å². The maximum Gasteiger partial charge on any atom is 0.416 e. The highest BCUT2D eigenvalue weighted by Gasteiger charge is 2.30. The molecule has 1 amide bonds. The van der Waals surface area contributed by atoms with Crippen molar-refractivity contribution in [1.29, 1.82) is 0 Å². The number of amides is 1. The summed E-state index contributed by atoms with van der Waals surface area (Å²) in [6.45, 7) is 1.78. The Kier molecular flexibility index (Phi) is 4.05. The lowest BCUT2D eigenvalue weighted by atomic mass is 10.1. The van der Waals surface area contributed by atoms with Crippen molar-refractivity contribution in [3.8, 4) is 0 Å². The predicted molar refractivity (Wildman–Crippen MR) is 84.7 cm³/mol. The van der Waals surface area contributed by atoms with Crippen LogP contribution in [0.25, 0.3) is 11.0 Å². The molecule has 3 nitrogen and oxygen atoms in total. The number of anilines is 1. The molecular weight excluding hydrogens is 319 g/mol. The summed E-state index contributed by atoms with van der Waals surface area (Å²) in [5, 5.41) is 3.46. The zero-order chi connectivity index (χ0) is 17.3. The third-order valence-electron chi connectivity index (χ3n) is 3.73. The molecule has 0 spiro atoms. The number of carbonyl (C=O) groups excluding carboxylic acids is 1. The van der Waals surface area contributed by atoms with Crippen LogP contribution >= 0.6 is 0 Å². The molecule has 0 bridgehead atoms. The fourth-order valence-electron chi connectivity index (χ4n) is 2.55. The summed E-state index contributed by atoms with van der Waals surface area (Å²) in [6, 6.07) is 11.7. The number of alkyl halides is 3. The number of para-hydroxylation sites is 1. The zero-order valence-corrected chi connectivity index (χ0v) is 12.8. The molecule has 0 aliphatic heterocycles. The van der Waals surface area contributed by atoms with E-state index in [0.29, 0.717) is 17.0 Å². The maximum atomic E-state index is 12.5. The highest BCUT2D eigenvalue weighted by Crippen LogP contribution is 2.30. The van der Waals surface area contributed by atoms with Crippen molar-refractivity contribution in [2.75, 3.05) is 5.32 Å². The van der Waals surface area contributed by atoms with E-state index in [4.69, 9.17) is 4.42 Å². The van der Waals surface area contributed by atoms with Crippen LogP contribution in [-0.2, 0) is 17.4 Å². The van der Waals surface area contributed by atoms with Gasteiger partial charge in [-0.15, -0.1) is 0 Å². The largest absolute Gasteiger partial charge is 0.461 e. The van der Waals surface area contributed by atoms with Gasteiger partial charge in [0.15, 0.2) is 0 Å². The lowest BCUT2D eigenvalue weighted by Crippen LogP contribution is -2.15. The summed E-state index contributed by atoms with van der Waals surface area (Å²) in [5.41, 5.74) is 1.04. The molecule has 0 unspecified atom stereocenters. The van der Waals surface area contributed by atoms with Gasteiger partial charge in [0, 0.05) is 16.6 Å². The van der Waals surface area contributed by atoms with Gasteiger partial charge in [0.25, 0.3) is 0 Å². The second-order valence-electron chi connectivity index (χ2n) is 5.43. The molecule has 24 heavy (non-hydrogen) atoms. The van der Waals surface area contributed by atoms with Crippen LogP contribution in [0.4, 0.5) is 18.9 Å². The van der Waals surface area contributed by atoms with Crippen molar-refractivity contribution in [3.05, 3.63) is 65.4 Å². The van der Waals surface area contributed by atoms with E-state index in [1.807, 2.05) is 24.3 Å². The molecule has 1 heterocycles. The average Bonchev–Trinajstić information content (AvgIpc) is 2.83. The fraction of sp³-hybridized carbons (Fsp3) is 0.167. The first-order valence-corrected chi connectivity index (χ1v) is 7.29.